The van der Waals surface area contributed by atoms with Gasteiger partial charge in [-0.1, -0.05) is 11.6 Å². The van der Waals surface area contributed by atoms with Crippen LogP contribution in [0.25, 0.3) is 22.0 Å². The summed E-state index contributed by atoms with van der Waals surface area (Å²) in [6.45, 7) is 3.39. The number of rotatable bonds is 4. The number of benzene rings is 1. The lowest BCUT2D eigenvalue weighted by atomic mass is 10.0. The Balaban J connectivity index is 2.51. The summed E-state index contributed by atoms with van der Waals surface area (Å²) in [6, 6.07) is 9.33. The zero-order valence-corrected chi connectivity index (χ0v) is 16.4. The van der Waals surface area contributed by atoms with E-state index in [2.05, 4.69) is 0 Å². The third-order valence-electron chi connectivity index (χ3n) is 4.64. The van der Waals surface area contributed by atoms with Crippen LogP contribution in [0, 0.1) is 6.92 Å². The van der Waals surface area contributed by atoms with Crippen LogP contribution in [0.1, 0.15) is 28.3 Å². The Bertz CT molecular complexity index is 1130. The van der Waals surface area contributed by atoms with Crippen LogP contribution in [0.2, 0.25) is 0 Å². The zero-order valence-electron chi connectivity index (χ0n) is 15.6. The number of esters is 1. The van der Waals surface area contributed by atoms with Crippen molar-refractivity contribution in [3.05, 3.63) is 54.0 Å². The van der Waals surface area contributed by atoms with Crippen LogP contribution in [0.4, 0.5) is 0 Å². The van der Waals surface area contributed by atoms with Gasteiger partial charge >= 0.3 is 5.97 Å². The number of primary sulfonamides is 1. The van der Waals surface area contributed by atoms with Crippen molar-refractivity contribution in [1.82, 2.24) is 4.57 Å². The lowest BCUT2D eigenvalue weighted by Crippen LogP contribution is -2.27. The zero-order chi connectivity index (χ0) is 19.9. The lowest BCUT2D eigenvalue weighted by Gasteiger charge is -2.16. The van der Waals surface area contributed by atoms with Crippen LogP contribution in [-0.4, -0.2) is 26.1 Å². The minimum Gasteiger partial charge on any atom is -0.464 e. The van der Waals surface area contributed by atoms with Crippen LogP contribution < -0.4 is 9.71 Å². The fourth-order valence-electron chi connectivity index (χ4n) is 3.21. The smallest absolute Gasteiger partial charge is 0.355 e. The molecule has 0 bridgehead atoms. The molecule has 1 aromatic carbocycles. The van der Waals surface area contributed by atoms with Crippen LogP contribution in [0.5, 0.6) is 0 Å². The number of hydrogen-bond donors (Lipinski definition) is 1. The van der Waals surface area contributed by atoms with Crippen LogP contribution >= 0.6 is 0 Å². The average molecular weight is 388 g/mol. The van der Waals surface area contributed by atoms with E-state index in [-0.39, 0.29) is 5.69 Å². The van der Waals surface area contributed by atoms with Gasteiger partial charge in [0.2, 0.25) is 10.0 Å². The first-order valence-electron chi connectivity index (χ1n) is 8.35. The quantitative estimate of drug-likeness (QED) is 0.546. The summed E-state index contributed by atoms with van der Waals surface area (Å²) in [5, 5.41) is 5.04. The van der Waals surface area contributed by atoms with E-state index in [0.29, 0.717) is 11.1 Å². The van der Waals surface area contributed by atoms with Crippen molar-refractivity contribution in [1.29, 1.82) is 0 Å². The van der Waals surface area contributed by atoms with Gasteiger partial charge in [0.05, 0.1) is 12.6 Å². The van der Waals surface area contributed by atoms with Gasteiger partial charge in [0.1, 0.15) is 18.1 Å². The van der Waals surface area contributed by atoms with E-state index in [0.717, 1.165) is 16.5 Å². The maximum absolute atomic E-state index is 12.7. The summed E-state index contributed by atoms with van der Waals surface area (Å²) in [5.41, 5.74) is 3.16. The van der Waals surface area contributed by atoms with Crippen molar-refractivity contribution in [2.75, 3.05) is 7.11 Å². The van der Waals surface area contributed by atoms with E-state index in [1.165, 1.54) is 18.6 Å². The number of nitrogens with zero attached hydrogens (tertiary/aromatic N) is 2. The van der Waals surface area contributed by atoms with E-state index < -0.39 is 21.4 Å². The highest BCUT2D eigenvalue weighted by Crippen LogP contribution is 2.38. The monoisotopic (exact) mass is 388 g/mol. The number of hydrogen-bond acceptors (Lipinski definition) is 4. The van der Waals surface area contributed by atoms with Crippen molar-refractivity contribution in [2.45, 2.75) is 19.2 Å². The van der Waals surface area contributed by atoms with Crippen molar-refractivity contribution in [3.63, 3.8) is 0 Å². The molecule has 1 unspecified atom stereocenters. The summed E-state index contributed by atoms with van der Waals surface area (Å²) in [7, 11) is -0.786. The van der Waals surface area contributed by atoms with E-state index in [4.69, 9.17) is 9.88 Å². The van der Waals surface area contributed by atoms with Gasteiger partial charge in [-0.15, -0.1) is 0 Å². The second-order valence-electron chi connectivity index (χ2n) is 6.55. The van der Waals surface area contributed by atoms with Crippen molar-refractivity contribution in [3.8, 4) is 11.1 Å². The molecule has 0 aliphatic rings. The summed E-state index contributed by atoms with van der Waals surface area (Å²) in [4.78, 5) is 12.7. The molecule has 3 aromatic rings. The standard InChI is InChI=1S/C19H22N3O4S/c1-12-5-6-16-15(11-12)17(14-7-9-21(3)10-8-14)18(19(23)26-4)22(16)13(2)27(20,24)25/h5-11,13H,1-4H3,(H2,20,24,25)/q+1. The fraction of sp³-hybridized carbons (Fsp3) is 0.263. The number of aromatic nitrogens is 2. The van der Waals surface area contributed by atoms with E-state index in [9.17, 15) is 13.2 Å². The highest BCUT2D eigenvalue weighted by atomic mass is 32.2. The molecule has 0 aliphatic carbocycles. The molecule has 0 radical (unpaired) electrons. The highest BCUT2D eigenvalue weighted by Gasteiger charge is 2.31. The molecular weight excluding hydrogens is 366 g/mol. The minimum atomic E-state index is -3.95. The van der Waals surface area contributed by atoms with Gasteiger partial charge in [-0.25, -0.2) is 22.9 Å². The molecule has 0 aliphatic heterocycles. The maximum Gasteiger partial charge on any atom is 0.355 e. The Morgan fingerprint density at radius 2 is 1.85 bits per heavy atom. The number of nitrogens with two attached hydrogens (primary N) is 1. The maximum atomic E-state index is 12.7. The number of carbonyl (C=O) groups excluding carboxylic acids is 1. The number of sulfonamides is 1. The van der Waals surface area contributed by atoms with Gasteiger partial charge in [0.25, 0.3) is 0 Å². The number of fused-ring (bicyclic) bond motifs is 1. The number of ether oxygens (including phenoxy) is 1. The van der Waals surface area contributed by atoms with E-state index in [1.54, 1.807) is 6.07 Å². The summed E-state index contributed by atoms with van der Waals surface area (Å²) in [6.07, 6.45) is 3.72. The first kappa shape index (κ1) is 19.1. The van der Waals surface area contributed by atoms with Gasteiger partial charge in [-0.3, -0.25) is 0 Å². The van der Waals surface area contributed by atoms with Crippen molar-refractivity contribution >= 4 is 26.9 Å². The molecule has 0 spiro atoms. The topological polar surface area (TPSA) is 95.3 Å². The molecule has 2 aromatic heterocycles. The SMILES string of the molecule is COC(=O)c1c(-c2cc[n+](C)cc2)c2cc(C)ccc2n1C(C)S(N)(=O)=O. The molecule has 8 heteroatoms. The minimum absolute atomic E-state index is 0.161. The van der Waals surface area contributed by atoms with Crippen molar-refractivity contribution < 1.29 is 22.5 Å². The fourth-order valence-corrected chi connectivity index (χ4v) is 3.72. The molecule has 0 amide bonds. The van der Waals surface area contributed by atoms with Gasteiger partial charge in [-0.2, -0.15) is 0 Å². The molecule has 0 fully saturated rings. The molecule has 2 N–H and O–H groups in total. The number of carbonyl (C=O) groups is 1. The molecule has 0 saturated carbocycles. The third kappa shape index (κ3) is 3.33. The van der Waals surface area contributed by atoms with E-state index in [1.807, 2.05) is 55.2 Å². The predicted octanol–water partition coefficient (Wildman–Crippen LogP) is 2.03. The summed E-state index contributed by atoms with van der Waals surface area (Å²) in [5.74, 6) is -0.623. The van der Waals surface area contributed by atoms with Gasteiger partial charge < -0.3 is 9.30 Å². The first-order valence-corrected chi connectivity index (χ1v) is 9.96. The normalized spacial score (nSPS) is 12.9. The first-order chi connectivity index (χ1) is 12.6. The molecule has 27 heavy (non-hydrogen) atoms. The second kappa shape index (κ2) is 6.79. The van der Waals surface area contributed by atoms with Gasteiger partial charge in [-0.05, 0) is 31.5 Å². The predicted molar refractivity (Wildman–Crippen MR) is 102 cm³/mol. The van der Waals surface area contributed by atoms with E-state index >= 15 is 0 Å². The molecular formula is C19H22N3O4S+. The Morgan fingerprint density at radius 1 is 1.22 bits per heavy atom. The number of methoxy groups -OCH3 is 1. The van der Waals surface area contributed by atoms with Crippen LogP contribution in [-0.2, 0) is 21.8 Å². The average Bonchev–Trinajstić information content (AvgIpc) is 2.94. The molecule has 142 valence electrons. The van der Waals surface area contributed by atoms with Gasteiger partial charge in [0, 0.05) is 23.1 Å². The summed E-state index contributed by atoms with van der Waals surface area (Å²) >= 11 is 0. The van der Waals surface area contributed by atoms with Crippen LogP contribution in [0.15, 0.2) is 42.7 Å². The third-order valence-corrected chi connectivity index (χ3v) is 5.81. The Kier molecular flexibility index (Phi) is 4.79. The summed E-state index contributed by atoms with van der Waals surface area (Å²) < 4.78 is 32.5. The molecule has 0 saturated heterocycles. The van der Waals surface area contributed by atoms with Crippen LogP contribution in [0.3, 0.4) is 0 Å². The Labute approximate surface area is 158 Å². The molecule has 7 nitrogen and oxygen atoms in total. The second-order valence-corrected chi connectivity index (χ2v) is 8.41. The lowest BCUT2D eigenvalue weighted by molar-refractivity contribution is -0.671. The molecule has 2 heterocycles. The molecule has 1 atom stereocenters. The number of aryl methyl sites for hydroxylation is 2. The highest BCUT2D eigenvalue weighted by molar-refractivity contribution is 7.89. The van der Waals surface area contributed by atoms with Crippen molar-refractivity contribution in [2.24, 2.45) is 12.2 Å². The largest absolute Gasteiger partial charge is 0.464 e. The molecule has 3 rings (SSSR count). The Hall–Kier alpha value is -2.71. The Morgan fingerprint density at radius 3 is 2.41 bits per heavy atom. The number of pyridine rings is 1. The van der Waals surface area contributed by atoms with Gasteiger partial charge in [0.15, 0.2) is 12.4 Å².